The first kappa shape index (κ1) is 11.2. The van der Waals surface area contributed by atoms with E-state index in [0.717, 1.165) is 5.75 Å². The van der Waals surface area contributed by atoms with Crippen molar-refractivity contribution >= 4 is 17.4 Å². The Labute approximate surface area is 96.6 Å². The van der Waals surface area contributed by atoms with Crippen molar-refractivity contribution < 1.29 is 14.8 Å². The first-order valence-corrected chi connectivity index (χ1v) is 5.99. The van der Waals surface area contributed by atoms with E-state index in [4.69, 9.17) is 4.74 Å². The van der Waals surface area contributed by atoms with Gasteiger partial charge in [-0.2, -0.15) is 11.8 Å². The summed E-state index contributed by atoms with van der Waals surface area (Å²) >= 11 is 1.63. The Bertz CT molecular complexity index is 381. The molecule has 1 aliphatic rings. The molecular formula is C10H11NO4S. The molecule has 1 saturated heterocycles. The van der Waals surface area contributed by atoms with Gasteiger partial charge >= 0.3 is 0 Å². The number of hydrogen-bond acceptors (Lipinski definition) is 5. The molecule has 5 nitrogen and oxygen atoms in total. The molecule has 2 rings (SSSR count). The highest BCUT2D eigenvalue weighted by molar-refractivity contribution is 7.99. The summed E-state index contributed by atoms with van der Waals surface area (Å²) in [5.74, 6) is 1.98. The minimum atomic E-state index is -0.458. The molecule has 0 aromatic heterocycles. The van der Waals surface area contributed by atoms with Crippen LogP contribution in [0, 0.1) is 10.1 Å². The van der Waals surface area contributed by atoms with Crippen LogP contribution >= 0.6 is 11.8 Å². The molecule has 1 heterocycles. The van der Waals surface area contributed by atoms with Crippen molar-refractivity contribution in [3.8, 4) is 5.75 Å². The van der Waals surface area contributed by atoms with E-state index in [0.29, 0.717) is 11.5 Å². The molecule has 86 valence electrons. The van der Waals surface area contributed by atoms with Gasteiger partial charge in [-0.3, -0.25) is 10.1 Å². The van der Waals surface area contributed by atoms with Gasteiger partial charge in [-0.15, -0.1) is 0 Å². The molecule has 1 aliphatic heterocycles. The van der Waals surface area contributed by atoms with Crippen molar-refractivity contribution in [2.24, 2.45) is 0 Å². The molecule has 0 bridgehead atoms. The third-order valence-electron chi connectivity index (χ3n) is 2.33. The highest BCUT2D eigenvalue weighted by Crippen LogP contribution is 2.24. The summed E-state index contributed by atoms with van der Waals surface area (Å²) in [6.45, 7) is 0. The van der Waals surface area contributed by atoms with Gasteiger partial charge in [-0.1, -0.05) is 0 Å². The van der Waals surface area contributed by atoms with Crippen molar-refractivity contribution in [2.75, 3.05) is 11.5 Å². The Morgan fingerprint density at radius 2 is 2.06 bits per heavy atom. The quantitative estimate of drug-likeness (QED) is 0.640. The number of nitrogens with zero attached hydrogens (tertiary/aromatic N) is 1. The van der Waals surface area contributed by atoms with Gasteiger partial charge in [0.1, 0.15) is 18.0 Å². The Morgan fingerprint density at radius 3 is 2.56 bits per heavy atom. The first-order valence-electron chi connectivity index (χ1n) is 4.84. The van der Waals surface area contributed by atoms with Crippen molar-refractivity contribution in [1.82, 2.24) is 0 Å². The Hall–Kier alpha value is -1.27. The molecule has 0 unspecified atom stereocenters. The second-order valence-corrected chi connectivity index (χ2v) is 4.59. The fourth-order valence-electron chi connectivity index (χ4n) is 1.46. The van der Waals surface area contributed by atoms with Crippen LogP contribution in [0.3, 0.4) is 0 Å². The molecule has 0 aliphatic carbocycles. The zero-order valence-corrected chi connectivity index (χ0v) is 9.22. The van der Waals surface area contributed by atoms with Crippen molar-refractivity contribution in [3.05, 3.63) is 34.4 Å². The molecule has 2 atom stereocenters. The maximum absolute atomic E-state index is 10.4. The van der Waals surface area contributed by atoms with Crippen LogP contribution < -0.4 is 4.74 Å². The Kier molecular flexibility index (Phi) is 3.31. The van der Waals surface area contributed by atoms with Crippen molar-refractivity contribution in [1.29, 1.82) is 0 Å². The molecule has 1 aromatic carbocycles. The average Bonchev–Trinajstić information content (AvgIpc) is 2.65. The van der Waals surface area contributed by atoms with Gasteiger partial charge in [0.25, 0.3) is 5.69 Å². The normalized spacial score (nSPS) is 24.3. The van der Waals surface area contributed by atoms with Gasteiger partial charge < -0.3 is 9.84 Å². The van der Waals surface area contributed by atoms with E-state index >= 15 is 0 Å². The van der Waals surface area contributed by atoms with E-state index in [9.17, 15) is 15.2 Å². The highest BCUT2D eigenvalue weighted by Gasteiger charge is 2.27. The molecule has 1 N–H and O–H groups in total. The SMILES string of the molecule is O=[N+]([O-])c1ccc(O[C@@H]2CSC[C@H]2O)cc1. The van der Waals surface area contributed by atoms with Gasteiger partial charge in [-0.05, 0) is 12.1 Å². The number of aliphatic hydroxyl groups excluding tert-OH is 1. The summed E-state index contributed by atoms with van der Waals surface area (Å²) in [7, 11) is 0. The Morgan fingerprint density at radius 1 is 1.38 bits per heavy atom. The zero-order valence-electron chi connectivity index (χ0n) is 8.41. The summed E-state index contributed by atoms with van der Waals surface area (Å²) in [6.07, 6.45) is -0.674. The predicted molar refractivity (Wildman–Crippen MR) is 60.8 cm³/mol. The lowest BCUT2D eigenvalue weighted by atomic mass is 10.2. The molecule has 0 amide bonds. The van der Waals surface area contributed by atoms with Crippen LogP contribution in [0.15, 0.2) is 24.3 Å². The molecule has 1 fully saturated rings. The zero-order chi connectivity index (χ0) is 11.5. The average molecular weight is 241 g/mol. The van der Waals surface area contributed by atoms with Gasteiger partial charge in [-0.25, -0.2) is 0 Å². The maximum Gasteiger partial charge on any atom is 0.269 e. The smallest absolute Gasteiger partial charge is 0.269 e. The number of ether oxygens (including phenoxy) is 1. The van der Waals surface area contributed by atoms with Crippen LogP contribution in [-0.2, 0) is 0 Å². The van der Waals surface area contributed by atoms with E-state index in [1.165, 1.54) is 12.1 Å². The minimum absolute atomic E-state index is 0.0358. The third kappa shape index (κ3) is 2.45. The molecule has 16 heavy (non-hydrogen) atoms. The number of rotatable bonds is 3. The summed E-state index contributed by atoms with van der Waals surface area (Å²) in [5.41, 5.74) is 0.0358. The fraction of sp³-hybridized carbons (Fsp3) is 0.400. The Balaban J connectivity index is 2.02. The topological polar surface area (TPSA) is 72.6 Å². The maximum atomic E-state index is 10.4. The first-order chi connectivity index (χ1) is 7.66. The number of non-ortho nitro benzene ring substituents is 1. The predicted octanol–water partition coefficient (Wildman–Crippen LogP) is 1.45. The minimum Gasteiger partial charge on any atom is -0.487 e. The lowest BCUT2D eigenvalue weighted by Gasteiger charge is -2.15. The number of aliphatic hydroxyl groups is 1. The van der Waals surface area contributed by atoms with Crippen molar-refractivity contribution in [2.45, 2.75) is 12.2 Å². The summed E-state index contributed by atoms with van der Waals surface area (Å²) in [4.78, 5) is 9.98. The number of hydrogen-bond donors (Lipinski definition) is 1. The molecular weight excluding hydrogens is 230 g/mol. The number of nitro benzene ring substituents is 1. The van der Waals surface area contributed by atoms with E-state index in [1.54, 1.807) is 23.9 Å². The lowest BCUT2D eigenvalue weighted by molar-refractivity contribution is -0.384. The monoisotopic (exact) mass is 241 g/mol. The standard InChI is InChI=1S/C10H11NO4S/c12-9-5-16-6-10(9)15-8-3-1-7(2-4-8)11(13)14/h1-4,9-10,12H,5-6H2/t9-,10-/m1/s1. The van der Waals surface area contributed by atoms with Crippen molar-refractivity contribution in [3.63, 3.8) is 0 Å². The van der Waals surface area contributed by atoms with Gasteiger partial charge in [0.05, 0.1) is 4.92 Å². The van der Waals surface area contributed by atoms with Gasteiger partial charge in [0.2, 0.25) is 0 Å². The van der Waals surface area contributed by atoms with Crippen LogP contribution in [0.1, 0.15) is 0 Å². The van der Waals surface area contributed by atoms with Crippen LogP contribution in [0.5, 0.6) is 5.75 Å². The fourth-order valence-corrected chi connectivity index (χ4v) is 2.57. The highest BCUT2D eigenvalue weighted by atomic mass is 32.2. The number of benzene rings is 1. The van der Waals surface area contributed by atoms with Crippen LogP contribution in [0.4, 0.5) is 5.69 Å². The van der Waals surface area contributed by atoms with Gasteiger partial charge in [0, 0.05) is 23.6 Å². The molecule has 0 radical (unpaired) electrons. The van der Waals surface area contributed by atoms with E-state index in [1.807, 2.05) is 0 Å². The summed E-state index contributed by atoms with van der Waals surface area (Å²) < 4.78 is 5.53. The number of thioether (sulfide) groups is 1. The molecule has 0 saturated carbocycles. The van der Waals surface area contributed by atoms with Crippen LogP contribution in [0.2, 0.25) is 0 Å². The summed E-state index contributed by atoms with van der Waals surface area (Å²) in [5, 5.41) is 20.0. The van der Waals surface area contributed by atoms with Gasteiger partial charge in [0.15, 0.2) is 0 Å². The van der Waals surface area contributed by atoms with Crippen LogP contribution in [0.25, 0.3) is 0 Å². The molecule has 1 aromatic rings. The van der Waals surface area contributed by atoms with E-state index in [-0.39, 0.29) is 11.8 Å². The second-order valence-electron chi connectivity index (χ2n) is 3.51. The lowest BCUT2D eigenvalue weighted by Crippen LogP contribution is -2.29. The molecule has 0 spiro atoms. The largest absolute Gasteiger partial charge is 0.487 e. The molecule has 6 heteroatoms. The third-order valence-corrected chi connectivity index (χ3v) is 3.48. The van der Waals surface area contributed by atoms with E-state index < -0.39 is 11.0 Å². The van der Waals surface area contributed by atoms with Crippen LogP contribution in [-0.4, -0.2) is 33.7 Å². The second kappa shape index (κ2) is 4.71. The summed E-state index contributed by atoms with van der Waals surface area (Å²) in [6, 6.07) is 5.88. The van der Waals surface area contributed by atoms with E-state index in [2.05, 4.69) is 0 Å². The number of nitro groups is 1.